The summed E-state index contributed by atoms with van der Waals surface area (Å²) < 4.78 is 11.2. The van der Waals surface area contributed by atoms with Crippen molar-refractivity contribution in [1.82, 2.24) is 0 Å². The normalized spacial score (nSPS) is 38.8. The first-order valence-electron chi connectivity index (χ1n) is 5.77. The molecule has 1 aliphatic carbocycles. The lowest BCUT2D eigenvalue weighted by Gasteiger charge is -2.28. The van der Waals surface area contributed by atoms with Crippen LogP contribution in [-0.4, -0.2) is 36.6 Å². The molecule has 3 unspecified atom stereocenters. The highest BCUT2D eigenvalue weighted by Crippen LogP contribution is 2.22. The Balaban J connectivity index is 1.67. The van der Waals surface area contributed by atoms with Gasteiger partial charge in [-0.05, 0) is 25.7 Å². The molecule has 0 aromatic carbocycles. The van der Waals surface area contributed by atoms with Crippen LogP contribution in [0, 0.1) is 0 Å². The second kappa shape index (κ2) is 5.10. The Bertz CT molecular complexity index is 166. The summed E-state index contributed by atoms with van der Waals surface area (Å²) >= 11 is 0. The van der Waals surface area contributed by atoms with Crippen LogP contribution in [0.25, 0.3) is 0 Å². The van der Waals surface area contributed by atoms with E-state index in [-0.39, 0.29) is 18.3 Å². The van der Waals surface area contributed by atoms with Crippen LogP contribution in [0.15, 0.2) is 0 Å². The van der Waals surface area contributed by atoms with Crippen molar-refractivity contribution in [2.24, 2.45) is 0 Å². The predicted octanol–water partition coefficient (Wildman–Crippen LogP) is 1.49. The minimum Gasteiger partial charge on any atom is -0.390 e. The molecule has 3 atom stereocenters. The van der Waals surface area contributed by atoms with Crippen LogP contribution in [0.4, 0.5) is 0 Å². The van der Waals surface area contributed by atoms with Gasteiger partial charge in [-0.1, -0.05) is 12.8 Å². The van der Waals surface area contributed by atoms with Crippen molar-refractivity contribution in [3.8, 4) is 0 Å². The highest BCUT2D eigenvalue weighted by Gasteiger charge is 2.25. The van der Waals surface area contributed by atoms with Gasteiger partial charge in [0.15, 0.2) is 0 Å². The van der Waals surface area contributed by atoms with Gasteiger partial charge < -0.3 is 14.6 Å². The van der Waals surface area contributed by atoms with E-state index in [4.69, 9.17) is 9.47 Å². The van der Waals surface area contributed by atoms with Gasteiger partial charge in [0.05, 0.1) is 24.9 Å². The fourth-order valence-corrected chi connectivity index (χ4v) is 2.28. The number of hydrogen-bond donors (Lipinski definition) is 1. The molecular formula is C11H20O3. The van der Waals surface area contributed by atoms with Crippen molar-refractivity contribution in [2.75, 3.05) is 13.2 Å². The molecule has 1 saturated carbocycles. The van der Waals surface area contributed by atoms with Gasteiger partial charge in [0.2, 0.25) is 0 Å². The van der Waals surface area contributed by atoms with Crippen LogP contribution in [0.3, 0.4) is 0 Å². The first kappa shape index (κ1) is 10.4. The topological polar surface area (TPSA) is 38.7 Å². The van der Waals surface area contributed by atoms with Crippen LogP contribution >= 0.6 is 0 Å². The van der Waals surface area contributed by atoms with E-state index in [2.05, 4.69) is 0 Å². The maximum atomic E-state index is 9.68. The third-order valence-corrected chi connectivity index (χ3v) is 3.19. The average Bonchev–Trinajstić information content (AvgIpc) is 2.69. The van der Waals surface area contributed by atoms with Gasteiger partial charge >= 0.3 is 0 Å². The van der Waals surface area contributed by atoms with Gasteiger partial charge in [-0.15, -0.1) is 0 Å². The van der Waals surface area contributed by atoms with Crippen LogP contribution in [0.5, 0.6) is 0 Å². The maximum Gasteiger partial charge on any atom is 0.0835 e. The van der Waals surface area contributed by atoms with Crippen LogP contribution < -0.4 is 0 Å². The molecule has 3 nitrogen and oxygen atoms in total. The molecule has 1 N–H and O–H groups in total. The summed E-state index contributed by atoms with van der Waals surface area (Å²) in [6.45, 7) is 1.54. The molecule has 2 fully saturated rings. The molecule has 2 rings (SSSR count). The van der Waals surface area contributed by atoms with E-state index in [1.165, 1.54) is 6.42 Å². The molecule has 1 saturated heterocycles. The summed E-state index contributed by atoms with van der Waals surface area (Å²) in [7, 11) is 0. The number of aliphatic hydroxyl groups excluding tert-OH is 1. The van der Waals surface area contributed by atoms with Crippen LogP contribution in [0.1, 0.15) is 38.5 Å². The van der Waals surface area contributed by atoms with Crippen molar-refractivity contribution < 1.29 is 14.6 Å². The zero-order valence-electron chi connectivity index (χ0n) is 8.65. The second-order valence-electron chi connectivity index (χ2n) is 4.36. The predicted molar refractivity (Wildman–Crippen MR) is 53.2 cm³/mol. The Morgan fingerprint density at radius 1 is 1.14 bits per heavy atom. The van der Waals surface area contributed by atoms with Crippen molar-refractivity contribution in [2.45, 2.75) is 56.8 Å². The first-order chi connectivity index (χ1) is 6.86. The number of ether oxygens (including phenoxy) is 2. The molecule has 0 radical (unpaired) electrons. The summed E-state index contributed by atoms with van der Waals surface area (Å²) in [5.41, 5.74) is 0. The third kappa shape index (κ3) is 2.69. The molecule has 2 aliphatic rings. The number of aliphatic hydroxyl groups is 1. The van der Waals surface area contributed by atoms with E-state index < -0.39 is 0 Å². The van der Waals surface area contributed by atoms with Gasteiger partial charge in [0.25, 0.3) is 0 Å². The Morgan fingerprint density at radius 3 is 2.71 bits per heavy atom. The highest BCUT2D eigenvalue weighted by atomic mass is 16.5. The van der Waals surface area contributed by atoms with Crippen molar-refractivity contribution in [3.63, 3.8) is 0 Å². The summed E-state index contributed by atoms with van der Waals surface area (Å²) in [4.78, 5) is 0. The Labute approximate surface area is 85.4 Å². The fourth-order valence-electron chi connectivity index (χ4n) is 2.28. The lowest BCUT2D eigenvalue weighted by molar-refractivity contribution is -0.0857. The number of rotatable bonds is 3. The van der Waals surface area contributed by atoms with E-state index in [9.17, 15) is 5.11 Å². The Morgan fingerprint density at radius 2 is 2.00 bits per heavy atom. The Kier molecular flexibility index (Phi) is 3.79. The molecule has 0 aromatic rings. The molecule has 1 heterocycles. The van der Waals surface area contributed by atoms with Crippen LogP contribution in [-0.2, 0) is 9.47 Å². The van der Waals surface area contributed by atoms with E-state index >= 15 is 0 Å². The van der Waals surface area contributed by atoms with E-state index in [1.54, 1.807) is 0 Å². The summed E-state index contributed by atoms with van der Waals surface area (Å²) in [5.74, 6) is 0. The Hall–Kier alpha value is -0.120. The van der Waals surface area contributed by atoms with Crippen molar-refractivity contribution in [1.29, 1.82) is 0 Å². The van der Waals surface area contributed by atoms with Crippen molar-refractivity contribution >= 4 is 0 Å². The maximum absolute atomic E-state index is 9.68. The SMILES string of the molecule is OC1CCCCC1OCC1CCCO1. The van der Waals surface area contributed by atoms with Gasteiger partial charge in [-0.3, -0.25) is 0 Å². The smallest absolute Gasteiger partial charge is 0.0835 e. The molecule has 3 heteroatoms. The largest absolute Gasteiger partial charge is 0.390 e. The molecule has 82 valence electrons. The molecule has 0 bridgehead atoms. The van der Waals surface area contributed by atoms with Gasteiger partial charge in [0, 0.05) is 6.61 Å². The fraction of sp³-hybridized carbons (Fsp3) is 1.00. The van der Waals surface area contributed by atoms with Gasteiger partial charge in [-0.2, -0.15) is 0 Å². The average molecular weight is 200 g/mol. The van der Waals surface area contributed by atoms with E-state index in [0.29, 0.717) is 6.61 Å². The third-order valence-electron chi connectivity index (χ3n) is 3.19. The molecule has 0 aromatic heterocycles. The summed E-state index contributed by atoms with van der Waals surface area (Å²) in [6, 6.07) is 0. The van der Waals surface area contributed by atoms with Gasteiger partial charge in [-0.25, -0.2) is 0 Å². The lowest BCUT2D eigenvalue weighted by Crippen LogP contribution is -2.34. The lowest BCUT2D eigenvalue weighted by atomic mass is 9.95. The molecule has 0 amide bonds. The summed E-state index contributed by atoms with van der Waals surface area (Å²) in [5, 5.41) is 9.68. The molecule has 0 spiro atoms. The molecule has 14 heavy (non-hydrogen) atoms. The number of hydrogen-bond acceptors (Lipinski definition) is 3. The van der Waals surface area contributed by atoms with Gasteiger partial charge in [0.1, 0.15) is 0 Å². The molecular weight excluding hydrogens is 180 g/mol. The minimum absolute atomic E-state index is 0.0629. The van der Waals surface area contributed by atoms with E-state index in [0.717, 1.165) is 38.7 Å². The minimum atomic E-state index is -0.245. The van der Waals surface area contributed by atoms with E-state index in [1.807, 2.05) is 0 Å². The monoisotopic (exact) mass is 200 g/mol. The van der Waals surface area contributed by atoms with Crippen LogP contribution in [0.2, 0.25) is 0 Å². The van der Waals surface area contributed by atoms with Crippen molar-refractivity contribution in [3.05, 3.63) is 0 Å². The highest BCUT2D eigenvalue weighted by molar-refractivity contribution is 4.75. The zero-order chi connectivity index (χ0) is 9.80. The molecule has 1 aliphatic heterocycles. The zero-order valence-corrected chi connectivity index (χ0v) is 8.65. The summed E-state index contributed by atoms with van der Waals surface area (Å²) in [6.07, 6.45) is 6.60. The first-order valence-corrected chi connectivity index (χ1v) is 5.77. The quantitative estimate of drug-likeness (QED) is 0.750. The standard InChI is InChI=1S/C11H20O3/c12-10-5-1-2-6-11(10)14-8-9-4-3-7-13-9/h9-12H,1-8H2. The second-order valence-corrected chi connectivity index (χ2v) is 4.36.